The molecule has 0 spiro atoms. The van der Waals surface area contributed by atoms with Crippen LogP contribution in [-0.2, 0) is 0 Å². The number of nitro groups is 1. The third-order valence-electron chi connectivity index (χ3n) is 1.84. The Morgan fingerprint density at radius 3 is 2.94 bits per heavy atom. The van der Waals surface area contributed by atoms with E-state index in [1.54, 1.807) is 6.92 Å². The fourth-order valence-corrected chi connectivity index (χ4v) is 1.30. The Hall–Kier alpha value is -1.64. The van der Waals surface area contributed by atoms with Crippen LogP contribution in [0.25, 0.3) is 0 Å². The lowest BCUT2D eigenvalue weighted by molar-refractivity contribution is -0.385. The highest BCUT2D eigenvalue weighted by molar-refractivity contribution is 6.31. The first-order valence-electron chi connectivity index (χ1n) is 4.56. The first-order valence-corrected chi connectivity index (χ1v) is 4.94. The van der Waals surface area contributed by atoms with Crippen LogP contribution in [0.1, 0.15) is 17.7 Å². The zero-order chi connectivity index (χ0) is 12.1. The van der Waals surface area contributed by atoms with Gasteiger partial charge < -0.3 is 5.73 Å². The monoisotopic (exact) mass is 239 g/mol. The van der Waals surface area contributed by atoms with Crippen molar-refractivity contribution in [1.29, 1.82) is 0 Å². The summed E-state index contributed by atoms with van der Waals surface area (Å²) in [5, 5.41) is 10.5. The largest absolute Gasteiger partial charge is 0.330 e. The van der Waals surface area contributed by atoms with E-state index >= 15 is 0 Å². The number of hydrogen-bond acceptors (Lipinski definition) is 4. The Morgan fingerprint density at radius 2 is 2.38 bits per heavy atom. The molecule has 84 valence electrons. The molecule has 1 aromatic rings. The van der Waals surface area contributed by atoms with Crippen molar-refractivity contribution < 1.29 is 4.92 Å². The Kier molecular flexibility index (Phi) is 4.23. The summed E-state index contributed by atoms with van der Waals surface area (Å²) < 4.78 is 0. The van der Waals surface area contributed by atoms with Gasteiger partial charge in [-0.2, -0.15) is 0 Å². The highest BCUT2D eigenvalue weighted by Gasteiger charge is 2.15. The van der Waals surface area contributed by atoms with Crippen molar-refractivity contribution in [3.63, 3.8) is 0 Å². The number of rotatable bonds is 2. The maximum Gasteiger partial charge on any atom is 0.307 e. The third kappa shape index (κ3) is 2.92. The van der Waals surface area contributed by atoms with Gasteiger partial charge in [-0.1, -0.05) is 23.4 Å². The van der Waals surface area contributed by atoms with Crippen molar-refractivity contribution in [3.8, 4) is 11.8 Å². The Bertz CT molecular complexity index is 477. The summed E-state index contributed by atoms with van der Waals surface area (Å²) in [4.78, 5) is 13.9. The topological polar surface area (TPSA) is 82.0 Å². The van der Waals surface area contributed by atoms with Crippen LogP contribution in [-0.4, -0.2) is 16.5 Å². The first-order chi connectivity index (χ1) is 7.56. The van der Waals surface area contributed by atoms with Crippen molar-refractivity contribution in [2.75, 3.05) is 6.54 Å². The average Bonchev–Trinajstić information content (AvgIpc) is 2.21. The predicted octanol–water partition coefficient (Wildman–Crippen LogP) is 1.65. The average molecular weight is 240 g/mol. The molecule has 0 aliphatic heterocycles. The molecule has 1 rings (SSSR count). The predicted molar refractivity (Wildman–Crippen MR) is 61.2 cm³/mol. The number of aryl methyl sites for hydroxylation is 1. The fraction of sp³-hybridized carbons (Fsp3) is 0.300. The molecule has 0 amide bonds. The zero-order valence-electron chi connectivity index (χ0n) is 8.66. The van der Waals surface area contributed by atoms with Crippen LogP contribution in [0.15, 0.2) is 6.07 Å². The molecule has 1 aromatic heterocycles. The van der Waals surface area contributed by atoms with E-state index in [9.17, 15) is 10.1 Å². The fourth-order valence-electron chi connectivity index (χ4n) is 1.05. The lowest BCUT2D eigenvalue weighted by Crippen LogP contribution is -1.97. The van der Waals surface area contributed by atoms with Crippen LogP contribution in [0.5, 0.6) is 0 Å². The van der Waals surface area contributed by atoms with Crippen molar-refractivity contribution >= 4 is 17.3 Å². The highest BCUT2D eigenvalue weighted by atomic mass is 35.5. The van der Waals surface area contributed by atoms with E-state index in [0.717, 1.165) is 0 Å². The molecule has 0 aromatic carbocycles. The van der Waals surface area contributed by atoms with Gasteiger partial charge in [-0.15, -0.1) is 0 Å². The second-order valence-electron chi connectivity index (χ2n) is 3.03. The lowest BCUT2D eigenvalue weighted by Gasteiger charge is -1.99. The normalized spacial score (nSPS) is 9.44. The van der Waals surface area contributed by atoms with Gasteiger partial charge in [0, 0.05) is 19.0 Å². The Morgan fingerprint density at radius 1 is 1.69 bits per heavy atom. The van der Waals surface area contributed by atoms with Gasteiger partial charge in [0.1, 0.15) is 0 Å². The molecule has 16 heavy (non-hydrogen) atoms. The minimum absolute atomic E-state index is 0.119. The zero-order valence-corrected chi connectivity index (χ0v) is 9.41. The van der Waals surface area contributed by atoms with Crippen LogP contribution in [0.2, 0.25) is 5.15 Å². The molecule has 0 radical (unpaired) electrons. The number of nitrogens with two attached hydrogens (primary N) is 1. The molecule has 0 aliphatic rings. The smallest absolute Gasteiger partial charge is 0.307 e. The van der Waals surface area contributed by atoms with Crippen LogP contribution in [0.4, 0.5) is 5.69 Å². The molecule has 0 fully saturated rings. The summed E-state index contributed by atoms with van der Waals surface area (Å²) in [5.74, 6) is 5.58. The summed E-state index contributed by atoms with van der Waals surface area (Å²) in [7, 11) is 0. The van der Waals surface area contributed by atoms with Gasteiger partial charge in [-0.25, -0.2) is 4.98 Å². The van der Waals surface area contributed by atoms with Crippen LogP contribution in [0, 0.1) is 28.9 Å². The molecule has 5 nitrogen and oxygen atoms in total. The van der Waals surface area contributed by atoms with Crippen LogP contribution in [0.3, 0.4) is 0 Å². The maximum absolute atomic E-state index is 10.6. The van der Waals surface area contributed by atoms with Gasteiger partial charge in [0.2, 0.25) is 5.15 Å². The van der Waals surface area contributed by atoms with E-state index in [1.807, 2.05) is 0 Å². The highest BCUT2D eigenvalue weighted by Crippen LogP contribution is 2.24. The minimum Gasteiger partial charge on any atom is -0.330 e. The number of halogens is 1. The molecule has 0 aliphatic carbocycles. The van der Waals surface area contributed by atoms with E-state index in [4.69, 9.17) is 17.3 Å². The molecule has 0 saturated heterocycles. The Balaban J connectivity index is 3.16. The van der Waals surface area contributed by atoms with Crippen molar-refractivity contribution in [2.45, 2.75) is 13.3 Å². The van der Waals surface area contributed by atoms with Crippen molar-refractivity contribution in [1.82, 2.24) is 4.98 Å². The summed E-state index contributed by atoms with van der Waals surface area (Å²) in [5.41, 5.74) is 6.13. The first kappa shape index (κ1) is 12.4. The number of nitrogens with zero attached hydrogens (tertiary/aromatic N) is 2. The standard InChI is InChI=1S/C10H10ClN3O2/c1-7-8(4-2-3-5-12)6-9(14(15)16)10(11)13-7/h6H,3,5,12H2,1H3. The van der Waals surface area contributed by atoms with E-state index in [-0.39, 0.29) is 10.8 Å². The molecule has 0 atom stereocenters. The summed E-state index contributed by atoms with van der Waals surface area (Å²) in [6.07, 6.45) is 0.538. The second-order valence-corrected chi connectivity index (χ2v) is 3.39. The maximum atomic E-state index is 10.6. The van der Waals surface area contributed by atoms with Crippen molar-refractivity contribution in [3.05, 3.63) is 32.6 Å². The minimum atomic E-state index is -0.580. The number of aromatic nitrogens is 1. The van der Waals surface area contributed by atoms with Gasteiger partial charge in [0.05, 0.1) is 16.2 Å². The number of hydrogen-bond donors (Lipinski definition) is 1. The van der Waals surface area contributed by atoms with E-state index < -0.39 is 4.92 Å². The summed E-state index contributed by atoms with van der Waals surface area (Å²) in [6, 6.07) is 1.33. The molecule has 6 heteroatoms. The quantitative estimate of drug-likeness (QED) is 0.368. The van der Waals surface area contributed by atoms with Gasteiger partial charge in [-0.3, -0.25) is 10.1 Å². The summed E-state index contributed by atoms with van der Waals surface area (Å²) in [6.45, 7) is 2.15. The molecular formula is C10H10ClN3O2. The molecule has 0 unspecified atom stereocenters. The SMILES string of the molecule is Cc1nc(Cl)c([N+](=O)[O-])cc1C#CCCN. The van der Waals surface area contributed by atoms with Gasteiger partial charge >= 0.3 is 5.69 Å². The molecule has 0 saturated carbocycles. The third-order valence-corrected chi connectivity index (χ3v) is 2.12. The van der Waals surface area contributed by atoms with Crippen LogP contribution >= 0.6 is 11.6 Å². The molecular weight excluding hydrogens is 230 g/mol. The lowest BCUT2D eigenvalue weighted by atomic mass is 10.2. The summed E-state index contributed by atoms with van der Waals surface area (Å²) >= 11 is 5.64. The van der Waals surface area contributed by atoms with Gasteiger partial charge in [0.25, 0.3) is 0 Å². The van der Waals surface area contributed by atoms with Gasteiger partial charge in [0.15, 0.2) is 0 Å². The molecule has 1 heterocycles. The van der Waals surface area contributed by atoms with E-state index in [1.165, 1.54) is 6.07 Å². The molecule has 2 N–H and O–H groups in total. The Labute approximate surface area is 97.8 Å². The van der Waals surface area contributed by atoms with Crippen molar-refractivity contribution in [2.24, 2.45) is 5.73 Å². The van der Waals surface area contributed by atoms with E-state index in [2.05, 4.69) is 16.8 Å². The van der Waals surface area contributed by atoms with Crippen LogP contribution < -0.4 is 5.73 Å². The second kappa shape index (κ2) is 5.45. The van der Waals surface area contributed by atoms with Gasteiger partial charge in [-0.05, 0) is 6.92 Å². The van der Waals surface area contributed by atoms with E-state index in [0.29, 0.717) is 24.2 Å². The molecule has 0 bridgehead atoms. The number of pyridine rings is 1.